The van der Waals surface area contributed by atoms with E-state index in [2.05, 4.69) is 9.98 Å². The number of rotatable bonds is 3. The van der Waals surface area contributed by atoms with Crippen LogP contribution < -0.4 is 0 Å². The number of hydrogen-bond donors (Lipinski definition) is 2. The number of aromatic nitrogens is 1. The van der Waals surface area contributed by atoms with Gasteiger partial charge in [-0.05, 0) is 6.07 Å². The quantitative estimate of drug-likeness (QED) is 0.706. The number of fused-ring (bicyclic) bond motifs is 1. The first-order chi connectivity index (χ1) is 6.92. The van der Waals surface area contributed by atoms with Crippen LogP contribution in [-0.2, 0) is 0 Å². The molecule has 0 aliphatic rings. The van der Waals surface area contributed by atoms with Crippen LogP contribution in [-0.4, -0.2) is 29.5 Å². The van der Waals surface area contributed by atoms with Gasteiger partial charge in [0.15, 0.2) is 0 Å². The van der Waals surface area contributed by atoms with Gasteiger partial charge in [0.05, 0.1) is 13.2 Å². The van der Waals surface area contributed by atoms with Gasteiger partial charge in [-0.3, -0.25) is 4.99 Å². The molecule has 3 nitrogen and oxygen atoms in total. The molecule has 0 saturated carbocycles. The Balaban J connectivity index is 2.34. The highest BCUT2D eigenvalue weighted by Gasteiger charge is 1.98. The number of para-hydroxylation sites is 1. The molecule has 0 atom stereocenters. The topological polar surface area (TPSA) is 48.4 Å². The number of hydrogen-bond acceptors (Lipinski definition) is 2. The average Bonchev–Trinajstić information content (AvgIpc) is 2.63. The number of nitrogens with zero attached hydrogens (tertiary/aromatic N) is 1. The molecule has 0 spiro atoms. The van der Waals surface area contributed by atoms with E-state index in [1.807, 2.05) is 30.5 Å². The normalized spacial score (nSPS) is 11.5. The highest BCUT2D eigenvalue weighted by Crippen LogP contribution is 2.15. The van der Waals surface area contributed by atoms with Crippen molar-refractivity contribution < 1.29 is 5.11 Å². The SMILES string of the molecule is OCCN=Cc1c[nH]c2ccccc12. The first-order valence-corrected chi connectivity index (χ1v) is 4.58. The van der Waals surface area contributed by atoms with Crippen molar-refractivity contribution in [1.29, 1.82) is 0 Å². The molecule has 0 radical (unpaired) electrons. The highest BCUT2D eigenvalue weighted by molar-refractivity contribution is 5.98. The number of aromatic amines is 1. The summed E-state index contributed by atoms with van der Waals surface area (Å²) in [5.74, 6) is 0. The summed E-state index contributed by atoms with van der Waals surface area (Å²) in [6.07, 6.45) is 3.71. The second kappa shape index (κ2) is 4.07. The first kappa shape index (κ1) is 8.97. The van der Waals surface area contributed by atoms with E-state index in [9.17, 15) is 0 Å². The number of benzene rings is 1. The summed E-state index contributed by atoms with van der Waals surface area (Å²) in [6.45, 7) is 0.554. The molecule has 0 unspecified atom stereocenters. The van der Waals surface area contributed by atoms with Crippen molar-refractivity contribution in [2.75, 3.05) is 13.2 Å². The molecule has 2 rings (SSSR count). The largest absolute Gasteiger partial charge is 0.394 e. The molecule has 3 heteroatoms. The number of aliphatic hydroxyl groups is 1. The molecular formula is C11H12N2O. The Bertz CT molecular complexity index is 445. The third-order valence-corrected chi connectivity index (χ3v) is 2.08. The molecule has 1 aromatic heterocycles. The van der Waals surface area contributed by atoms with Gasteiger partial charge in [-0.15, -0.1) is 0 Å². The molecule has 1 heterocycles. The smallest absolute Gasteiger partial charge is 0.0626 e. The van der Waals surface area contributed by atoms with Crippen molar-refractivity contribution in [1.82, 2.24) is 4.98 Å². The Morgan fingerprint density at radius 1 is 1.36 bits per heavy atom. The number of aliphatic imine (C=N–C) groups is 1. The van der Waals surface area contributed by atoms with Crippen molar-refractivity contribution in [2.24, 2.45) is 4.99 Å². The Kier molecular flexibility index (Phi) is 2.60. The first-order valence-electron chi connectivity index (χ1n) is 4.58. The van der Waals surface area contributed by atoms with Crippen molar-refractivity contribution in [3.8, 4) is 0 Å². The molecule has 2 N–H and O–H groups in total. The van der Waals surface area contributed by atoms with Gasteiger partial charge in [0.1, 0.15) is 0 Å². The minimum absolute atomic E-state index is 0.0961. The molecule has 0 bridgehead atoms. The van der Waals surface area contributed by atoms with E-state index < -0.39 is 0 Å². The van der Waals surface area contributed by atoms with E-state index in [1.165, 1.54) is 0 Å². The fraction of sp³-hybridized carbons (Fsp3) is 0.182. The summed E-state index contributed by atoms with van der Waals surface area (Å²) < 4.78 is 0. The third kappa shape index (κ3) is 1.67. The van der Waals surface area contributed by atoms with Gasteiger partial charge in [0.2, 0.25) is 0 Å². The maximum absolute atomic E-state index is 8.59. The molecule has 1 aromatic carbocycles. The maximum atomic E-state index is 8.59. The molecule has 0 amide bonds. The van der Waals surface area contributed by atoms with Gasteiger partial charge in [0.25, 0.3) is 0 Å². The molecule has 0 saturated heterocycles. The maximum Gasteiger partial charge on any atom is 0.0626 e. The summed E-state index contributed by atoms with van der Waals surface area (Å²) >= 11 is 0. The number of nitrogens with one attached hydrogen (secondary N) is 1. The van der Waals surface area contributed by atoms with Gasteiger partial charge >= 0.3 is 0 Å². The Labute approximate surface area is 82.1 Å². The zero-order valence-electron chi connectivity index (χ0n) is 7.77. The Morgan fingerprint density at radius 2 is 2.21 bits per heavy atom. The van der Waals surface area contributed by atoms with Crippen LogP contribution in [0.2, 0.25) is 0 Å². The third-order valence-electron chi connectivity index (χ3n) is 2.08. The van der Waals surface area contributed by atoms with E-state index in [1.54, 1.807) is 6.21 Å². The zero-order valence-corrected chi connectivity index (χ0v) is 7.77. The molecule has 2 aromatic rings. The predicted molar refractivity (Wildman–Crippen MR) is 57.8 cm³/mol. The molecule has 0 fully saturated rings. The fourth-order valence-electron chi connectivity index (χ4n) is 1.42. The van der Waals surface area contributed by atoms with E-state index in [0.717, 1.165) is 16.5 Å². The van der Waals surface area contributed by atoms with Gasteiger partial charge in [-0.25, -0.2) is 0 Å². The van der Waals surface area contributed by atoms with Gasteiger partial charge in [-0.2, -0.15) is 0 Å². The van der Waals surface area contributed by atoms with Crippen molar-refractivity contribution in [3.63, 3.8) is 0 Å². The van der Waals surface area contributed by atoms with Crippen LogP contribution >= 0.6 is 0 Å². The molecular weight excluding hydrogens is 176 g/mol. The van der Waals surface area contributed by atoms with Gasteiger partial charge in [-0.1, -0.05) is 18.2 Å². The van der Waals surface area contributed by atoms with Crippen molar-refractivity contribution in [2.45, 2.75) is 0 Å². The Hall–Kier alpha value is -1.61. The van der Waals surface area contributed by atoms with Gasteiger partial charge < -0.3 is 10.1 Å². The Morgan fingerprint density at radius 3 is 3.07 bits per heavy atom. The van der Waals surface area contributed by atoms with Crippen molar-refractivity contribution in [3.05, 3.63) is 36.0 Å². The number of H-pyrrole nitrogens is 1. The van der Waals surface area contributed by atoms with Crippen molar-refractivity contribution >= 4 is 17.1 Å². The second-order valence-corrected chi connectivity index (χ2v) is 3.05. The van der Waals surface area contributed by atoms with Crippen LogP contribution in [0, 0.1) is 0 Å². The van der Waals surface area contributed by atoms with Crippen LogP contribution in [0.4, 0.5) is 0 Å². The monoisotopic (exact) mass is 188 g/mol. The predicted octanol–water partition coefficient (Wildman–Crippen LogP) is 1.58. The van der Waals surface area contributed by atoms with Gasteiger partial charge in [0, 0.05) is 28.9 Å². The minimum Gasteiger partial charge on any atom is -0.394 e. The average molecular weight is 188 g/mol. The fourth-order valence-corrected chi connectivity index (χ4v) is 1.42. The standard InChI is InChI=1S/C11H12N2O/c14-6-5-12-7-9-8-13-11-4-2-1-3-10(9)11/h1-4,7-8,13-14H,5-6H2. The van der Waals surface area contributed by atoms with Crippen LogP contribution in [0.25, 0.3) is 10.9 Å². The highest BCUT2D eigenvalue weighted by atomic mass is 16.3. The minimum atomic E-state index is 0.0961. The summed E-state index contributed by atoms with van der Waals surface area (Å²) in [4.78, 5) is 7.25. The van der Waals surface area contributed by atoms with E-state index in [4.69, 9.17) is 5.11 Å². The van der Waals surface area contributed by atoms with Crippen LogP contribution in [0.1, 0.15) is 5.56 Å². The number of aliphatic hydroxyl groups excluding tert-OH is 1. The van der Waals surface area contributed by atoms with Crippen LogP contribution in [0.15, 0.2) is 35.5 Å². The molecule has 14 heavy (non-hydrogen) atoms. The lowest BCUT2D eigenvalue weighted by atomic mass is 10.2. The lowest BCUT2D eigenvalue weighted by Crippen LogP contribution is -1.88. The van der Waals surface area contributed by atoms with E-state index in [0.29, 0.717) is 6.54 Å². The molecule has 72 valence electrons. The summed E-state index contributed by atoms with van der Waals surface area (Å²) in [5.41, 5.74) is 2.17. The summed E-state index contributed by atoms with van der Waals surface area (Å²) in [5, 5.41) is 9.75. The van der Waals surface area contributed by atoms with Crippen LogP contribution in [0.5, 0.6) is 0 Å². The summed E-state index contributed by atoms with van der Waals surface area (Å²) in [7, 11) is 0. The lowest BCUT2D eigenvalue weighted by molar-refractivity contribution is 0.307. The van der Waals surface area contributed by atoms with Crippen LogP contribution in [0.3, 0.4) is 0 Å². The van der Waals surface area contributed by atoms with E-state index >= 15 is 0 Å². The molecule has 0 aliphatic heterocycles. The lowest BCUT2D eigenvalue weighted by Gasteiger charge is -1.90. The summed E-state index contributed by atoms with van der Waals surface area (Å²) in [6, 6.07) is 8.07. The molecule has 0 aliphatic carbocycles. The second-order valence-electron chi connectivity index (χ2n) is 3.05. The van der Waals surface area contributed by atoms with E-state index in [-0.39, 0.29) is 6.61 Å². The zero-order chi connectivity index (χ0) is 9.80.